The highest BCUT2D eigenvalue weighted by molar-refractivity contribution is 5.24. The van der Waals surface area contributed by atoms with Gasteiger partial charge in [-0.2, -0.15) is 0 Å². The molecule has 0 aromatic rings. The maximum absolute atomic E-state index is 9.83. The van der Waals surface area contributed by atoms with E-state index in [1.165, 1.54) is 20.8 Å². The van der Waals surface area contributed by atoms with E-state index in [9.17, 15) is 10.2 Å². The van der Waals surface area contributed by atoms with Crippen molar-refractivity contribution in [2.24, 2.45) is 5.73 Å². The Morgan fingerprint density at radius 2 is 1.50 bits per heavy atom. The van der Waals surface area contributed by atoms with Crippen molar-refractivity contribution < 1.29 is 10.2 Å². The average molecular weight is 199 g/mol. The van der Waals surface area contributed by atoms with Gasteiger partial charge in [0.2, 0.25) is 0 Å². The van der Waals surface area contributed by atoms with Gasteiger partial charge in [-0.25, -0.2) is 0 Å². The average Bonchev–Trinajstić information content (AvgIpc) is 1.99. The standard InChI is InChI=1S/C11H21NO2/c1-6-10(4,12)7-8-11(5,14)9(2,3)13/h13-14H,6,12H2,1-5H3. The predicted octanol–water partition coefficient (Wildman–Crippen LogP) is 0.639. The van der Waals surface area contributed by atoms with E-state index in [4.69, 9.17) is 5.73 Å². The number of rotatable bonds is 2. The maximum Gasteiger partial charge on any atom is 0.150 e. The number of hydrogen-bond acceptors (Lipinski definition) is 3. The molecule has 4 N–H and O–H groups in total. The van der Waals surface area contributed by atoms with Crippen LogP contribution in [0.15, 0.2) is 0 Å². The zero-order valence-corrected chi connectivity index (χ0v) is 9.68. The van der Waals surface area contributed by atoms with Gasteiger partial charge >= 0.3 is 0 Å². The summed E-state index contributed by atoms with van der Waals surface area (Å²) in [6, 6.07) is 0. The van der Waals surface area contributed by atoms with Gasteiger partial charge in [-0.05, 0) is 34.1 Å². The summed E-state index contributed by atoms with van der Waals surface area (Å²) in [7, 11) is 0. The molecule has 3 nitrogen and oxygen atoms in total. The van der Waals surface area contributed by atoms with Crippen LogP contribution in [-0.4, -0.2) is 27.0 Å². The van der Waals surface area contributed by atoms with Crippen LogP contribution in [0.1, 0.15) is 41.0 Å². The summed E-state index contributed by atoms with van der Waals surface area (Å²) in [6.07, 6.45) is 0.696. The van der Waals surface area contributed by atoms with E-state index in [0.29, 0.717) is 6.42 Å². The normalized spacial score (nSPS) is 20.3. The van der Waals surface area contributed by atoms with Crippen molar-refractivity contribution in [2.75, 3.05) is 0 Å². The summed E-state index contributed by atoms with van der Waals surface area (Å²) in [5, 5.41) is 19.5. The van der Waals surface area contributed by atoms with E-state index in [1.807, 2.05) is 6.92 Å². The van der Waals surface area contributed by atoms with E-state index in [-0.39, 0.29) is 0 Å². The minimum atomic E-state index is -1.44. The minimum absolute atomic E-state index is 0.616. The maximum atomic E-state index is 9.83. The van der Waals surface area contributed by atoms with Crippen LogP contribution in [0.3, 0.4) is 0 Å². The topological polar surface area (TPSA) is 66.5 Å². The lowest BCUT2D eigenvalue weighted by molar-refractivity contribution is -0.0821. The Hall–Kier alpha value is -0.560. The van der Waals surface area contributed by atoms with Gasteiger partial charge in [0.05, 0.1) is 11.1 Å². The zero-order valence-electron chi connectivity index (χ0n) is 9.68. The molecule has 0 fully saturated rings. The molecular weight excluding hydrogens is 178 g/mol. The monoisotopic (exact) mass is 199 g/mol. The number of nitrogens with two attached hydrogens (primary N) is 1. The van der Waals surface area contributed by atoms with Crippen molar-refractivity contribution in [3.8, 4) is 11.8 Å². The molecule has 2 unspecified atom stereocenters. The van der Waals surface area contributed by atoms with Gasteiger partial charge in [-0.1, -0.05) is 18.8 Å². The van der Waals surface area contributed by atoms with Crippen LogP contribution in [0, 0.1) is 11.8 Å². The molecule has 0 saturated carbocycles. The Labute approximate surface area is 86.3 Å². The van der Waals surface area contributed by atoms with Crippen molar-refractivity contribution >= 4 is 0 Å². The molecule has 14 heavy (non-hydrogen) atoms. The molecule has 0 aliphatic carbocycles. The van der Waals surface area contributed by atoms with Crippen molar-refractivity contribution in [3.05, 3.63) is 0 Å². The Balaban J connectivity index is 4.83. The van der Waals surface area contributed by atoms with Crippen LogP contribution < -0.4 is 5.73 Å². The van der Waals surface area contributed by atoms with Gasteiger partial charge in [-0.3, -0.25) is 0 Å². The molecule has 0 aliphatic heterocycles. The summed E-state index contributed by atoms with van der Waals surface area (Å²) < 4.78 is 0. The Morgan fingerprint density at radius 3 is 1.79 bits per heavy atom. The van der Waals surface area contributed by atoms with Gasteiger partial charge in [-0.15, -0.1) is 0 Å². The minimum Gasteiger partial charge on any atom is -0.386 e. The third-order valence-corrected chi connectivity index (χ3v) is 2.52. The summed E-state index contributed by atoms with van der Waals surface area (Å²) in [5.74, 6) is 5.39. The second-order valence-corrected chi connectivity index (χ2v) is 4.65. The molecule has 0 aliphatic rings. The molecule has 0 saturated heterocycles. The highest BCUT2D eigenvalue weighted by Crippen LogP contribution is 2.20. The molecule has 3 heteroatoms. The van der Waals surface area contributed by atoms with Crippen LogP contribution in [0.25, 0.3) is 0 Å². The van der Waals surface area contributed by atoms with Crippen LogP contribution in [-0.2, 0) is 0 Å². The van der Waals surface area contributed by atoms with Crippen molar-refractivity contribution in [3.63, 3.8) is 0 Å². The Morgan fingerprint density at radius 1 is 1.07 bits per heavy atom. The van der Waals surface area contributed by atoms with Gasteiger partial charge < -0.3 is 15.9 Å². The van der Waals surface area contributed by atoms with Crippen molar-refractivity contribution in [1.29, 1.82) is 0 Å². The Kier molecular flexibility index (Phi) is 3.74. The first-order valence-electron chi connectivity index (χ1n) is 4.80. The first-order valence-corrected chi connectivity index (χ1v) is 4.80. The van der Waals surface area contributed by atoms with E-state index in [0.717, 1.165) is 0 Å². The molecule has 0 spiro atoms. The molecule has 2 atom stereocenters. The van der Waals surface area contributed by atoms with Crippen LogP contribution >= 0.6 is 0 Å². The van der Waals surface area contributed by atoms with Crippen molar-refractivity contribution in [1.82, 2.24) is 0 Å². The molecule has 0 heterocycles. The van der Waals surface area contributed by atoms with Crippen LogP contribution in [0.5, 0.6) is 0 Å². The molecular formula is C11H21NO2. The van der Waals surface area contributed by atoms with Crippen LogP contribution in [0.4, 0.5) is 0 Å². The summed E-state index contributed by atoms with van der Waals surface area (Å²) in [5.41, 5.74) is 2.48. The SMILES string of the molecule is CCC(C)(N)C#CC(C)(O)C(C)(C)O. The van der Waals surface area contributed by atoms with E-state index in [1.54, 1.807) is 6.92 Å². The molecule has 0 amide bonds. The molecule has 0 rings (SSSR count). The lowest BCUT2D eigenvalue weighted by Crippen LogP contribution is -2.47. The van der Waals surface area contributed by atoms with Gasteiger partial charge in [0, 0.05) is 0 Å². The summed E-state index contributed by atoms with van der Waals surface area (Å²) in [4.78, 5) is 0. The highest BCUT2D eigenvalue weighted by atomic mass is 16.3. The van der Waals surface area contributed by atoms with E-state index in [2.05, 4.69) is 11.8 Å². The second-order valence-electron chi connectivity index (χ2n) is 4.65. The third-order valence-electron chi connectivity index (χ3n) is 2.52. The fourth-order valence-electron chi connectivity index (χ4n) is 0.506. The largest absolute Gasteiger partial charge is 0.386 e. The first-order chi connectivity index (χ1) is 6.02. The summed E-state index contributed by atoms with van der Waals surface area (Å²) >= 11 is 0. The van der Waals surface area contributed by atoms with E-state index >= 15 is 0 Å². The van der Waals surface area contributed by atoms with E-state index < -0.39 is 16.7 Å². The molecule has 0 aromatic heterocycles. The lowest BCUT2D eigenvalue weighted by Gasteiger charge is -2.31. The molecule has 0 aromatic carbocycles. The predicted molar refractivity (Wildman–Crippen MR) is 57.6 cm³/mol. The fourth-order valence-corrected chi connectivity index (χ4v) is 0.506. The smallest absolute Gasteiger partial charge is 0.150 e. The molecule has 0 bridgehead atoms. The first kappa shape index (κ1) is 13.4. The van der Waals surface area contributed by atoms with Crippen molar-refractivity contribution in [2.45, 2.75) is 57.8 Å². The van der Waals surface area contributed by atoms with Gasteiger partial charge in [0.15, 0.2) is 5.60 Å². The highest BCUT2D eigenvalue weighted by Gasteiger charge is 2.36. The summed E-state index contributed by atoms with van der Waals surface area (Å²) in [6.45, 7) is 8.22. The zero-order chi connectivity index (χ0) is 11.6. The van der Waals surface area contributed by atoms with Gasteiger partial charge in [0.25, 0.3) is 0 Å². The fraction of sp³-hybridized carbons (Fsp3) is 0.818. The van der Waals surface area contributed by atoms with Gasteiger partial charge in [0.1, 0.15) is 0 Å². The molecule has 82 valence electrons. The quantitative estimate of drug-likeness (QED) is 0.572. The van der Waals surface area contributed by atoms with Crippen LogP contribution in [0.2, 0.25) is 0 Å². The lowest BCUT2D eigenvalue weighted by atomic mass is 9.87. The number of aliphatic hydroxyl groups is 2. The second kappa shape index (κ2) is 3.90. The third kappa shape index (κ3) is 3.67. The molecule has 0 radical (unpaired) electrons. The Bertz CT molecular complexity index is 251. The number of hydrogen-bond donors (Lipinski definition) is 3.